The van der Waals surface area contributed by atoms with Gasteiger partial charge in [-0.1, -0.05) is 42.5 Å². The Bertz CT molecular complexity index is 996. The Hall–Kier alpha value is -3.25. The number of hydrogen-bond acceptors (Lipinski definition) is 5. The molecule has 2 aromatic carbocycles. The highest BCUT2D eigenvalue weighted by Crippen LogP contribution is 2.22. The van der Waals surface area contributed by atoms with Crippen molar-refractivity contribution in [1.82, 2.24) is 25.4 Å². The maximum atomic E-state index is 5.19. The zero-order chi connectivity index (χ0) is 17.8. The van der Waals surface area contributed by atoms with Gasteiger partial charge in [0.1, 0.15) is 5.75 Å². The Morgan fingerprint density at radius 3 is 2.54 bits per heavy atom. The molecule has 0 fully saturated rings. The average Bonchev–Trinajstić information content (AvgIpc) is 3.18. The molecule has 2 aromatic heterocycles. The van der Waals surface area contributed by atoms with E-state index in [9.17, 15) is 0 Å². The van der Waals surface area contributed by atoms with E-state index < -0.39 is 0 Å². The molecule has 6 heteroatoms. The third kappa shape index (κ3) is 3.41. The summed E-state index contributed by atoms with van der Waals surface area (Å²) < 4.78 is 6.92. The Morgan fingerprint density at radius 2 is 1.77 bits per heavy atom. The minimum atomic E-state index is 0.677. The summed E-state index contributed by atoms with van der Waals surface area (Å²) in [6.45, 7) is 1.43. The topological polar surface area (TPSA) is 64.3 Å². The summed E-state index contributed by atoms with van der Waals surface area (Å²) in [5.74, 6) is 0.862. The second-order valence-corrected chi connectivity index (χ2v) is 6.02. The molecule has 0 atom stereocenters. The number of nitrogens with one attached hydrogen (secondary N) is 1. The first-order valence-electron chi connectivity index (χ1n) is 8.43. The third-order valence-corrected chi connectivity index (χ3v) is 4.28. The first-order chi connectivity index (χ1) is 12.8. The van der Waals surface area contributed by atoms with E-state index >= 15 is 0 Å². The van der Waals surface area contributed by atoms with Crippen LogP contribution in [0.3, 0.4) is 0 Å². The average molecular weight is 345 g/mol. The standard InChI is InChI=1S/C20H19N5O/c1-26-19-9-7-15(8-10-19)12-21-13-17-11-18(16-5-3-2-4-6-16)14-25-20(17)22-23-24-25/h2-11,14,21H,12-13H2,1H3. The number of ether oxygens (including phenoxy) is 1. The summed E-state index contributed by atoms with van der Waals surface area (Å²) in [4.78, 5) is 0. The van der Waals surface area contributed by atoms with Crippen LogP contribution in [0.1, 0.15) is 11.1 Å². The van der Waals surface area contributed by atoms with Gasteiger partial charge in [0, 0.05) is 30.4 Å². The van der Waals surface area contributed by atoms with E-state index in [0.717, 1.165) is 34.6 Å². The molecule has 0 aliphatic carbocycles. The highest BCUT2D eigenvalue weighted by molar-refractivity contribution is 5.66. The van der Waals surface area contributed by atoms with E-state index in [1.807, 2.05) is 36.5 Å². The number of pyridine rings is 1. The number of aromatic nitrogens is 4. The fourth-order valence-corrected chi connectivity index (χ4v) is 2.92. The van der Waals surface area contributed by atoms with Crippen molar-refractivity contribution in [2.75, 3.05) is 7.11 Å². The Balaban J connectivity index is 1.54. The molecule has 0 saturated heterocycles. The molecule has 0 amide bonds. The molecule has 2 heterocycles. The summed E-state index contributed by atoms with van der Waals surface area (Å²) >= 11 is 0. The van der Waals surface area contributed by atoms with Crippen molar-refractivity contribution in [3.63, 3.8) is 0 Å². The van der Waals surface area contributed by atoms with Gasteiger partial charge in [-0.2, -0.15) is 4.52 Å². The van der Waals surface area contributed by atoms with E-state index in [0.29, 0.717) is 6.54 Å². The van der Waals surface area contributed by atoms with Crippen molar-refractivity contribution in [2.45, 2.75) is 13.1 Å². The van der Waals surface area contributed by atoms with Crippen LogP contribution in [0.5, 0.6) is 5.75 Å². The molecule has 0 bridgehead atoms. The number of fused-ring (bicyclic) bond motifs is 1. The van der Waals surface area contributed by atoms with E-state index in [1.54, 1.807) is 11.6 Å². The highest BCUT2D eigenvalue weighted by Gasteiger charge is 2.09. The van der Waals surface area contributed by atoms with Crippen LogP contribution in [0.2, 0.25) is 0 Å². The molecule has 0 radical (unpaired) electrons. The summed E-state index contributed by atoms with van der Waals surface area (Å²) in [6.07, 6.45) is 1.96. The van der Waals surface area contributed by atoms with Gasteiger partial charge in [-0.25, -0.2) is 0 Å². The Morgan fingerprint density at radius 1 is 0.962 bits per heavy atom. The smallest absolute Gasteiger partial charge is 0.183 e. The third-order valence-electron chi connectivity index (χ3n) is 4.28. The number of hydrogen-bond donors (Lipinski definition) is 1. The van der Waals surface area contributed by atoms with Gasteiger partial charge < -0.3 is 10.1 Å². The van der Waals surface area contributed by atoms with Crippen LogP contribution in [-0.4, -0.2) is 27.2 Å². The number of tetrazole rings is 1. The lowest BCUT2D eigenvalue weighted by molar-refractivity contribution is 0.414. The Kier molecular flexibility index (Phi) is 4.57. The van der Waals surface area contributed by atoms with E-state index in [1.165, 1.54) is 5.56 Å². The van der Waals surface area contributed by atoms with Crippen LogP contribution in [0, 0.1) is 0 Å². The SMILES string of the molecule is COc1ccc(CNCc2cc(-c3ccccc3)cn3nnnc23)cc1. The highest BCUT2D eigenvalue weighted by atomic mass is 16.5. The fraction of sp³-hybridized carbons (Fsp3) is 0.150. The maximum Gasteiger partial charge on any atom is 0.183 e. The largest absolute Gasteiger partial charge is 0.497 e. The van der Waals surface area contributed by atoms with Gasteiger partial charge in [0.2, 0.25) is 0 Å². The van der Waals surface area contributed by atoms with Crippen molar-refractivity contribution in [1.29, 1.82) is 0 Å². The fourth-order valence-electron chi connectivity index (χ4n) is 2.92. The number of benzene rings is 2. The predicted molar refractivity (Wildman–Crippen MR) is 99.8 cm³/mol. The minimum Gasteiger partial charge on any atom is -0.497 e. The lowest BCUT2D eigenvalue weighted by atomic mass is 10.1. The van der Waals surface area contributed by atoms with Crippen molar-refractivity contribution >= 4 is 5.65 Å². The molecule has 26 heavy (non-hydrogen) atoms. The molecule has 0 spiro atoms. The molecule has 0 aliphatic rings. The summed E-state index contributed by atoms with van der Waals surface area (Å²) in [6, 6.07) is 20.4. The molecule has 0 unspecified atom stereocenters. The maximum absolute atomic E-state index is 5.19. The van der Waals surface area contributed by atoms with E-state index in [4.69, 9.17) is 4.74 Å². The molecule has 0 aliphatic heterocycles. The summed E-state index contributed by atoms with van der Waals surface area (Å²) in [7, 11) is 1.67. The van der Waals surface area contributed by atoms with Crippen LogP contribution >= 0.6 is 0 Å². The van der Waals surface area contributed by atoms with Gasteiger partial charge in [-0.15, -0.1) is 5.10 Å². The van der Waals surface area contributed by atoms with Gasteiger partial charge in [0.05, 0.1) is 7.11 Å². The molecule has 4 rings (SSSR count). The molecular formula is C20H19N5O. The second-order valence-electron chi connectivity index (χ2n) is 6.02. The number of nitrogens with zero attached hydrogens (tertiary/aromatic N) is 4. The van der Waals surface area contributed by atoms with Gasteiger partial charge >= 0.3 is 0 Å². The molecule has 4 aromatic rings. The monoisotopic (exact) mass is 345 g/mol. The summed E-state index contributed by atoms with van der Waals surface area (Å²) in [5.41, 5.74) is 5.25. The zero-order valence-corrected chi connectivity index (χ0v) is 14.5. The first kappa shape index (κ1) is 16.2. The van der Waals surface area contributed by atoms with Crippen LogP contribution in [0.15, 0.2) is 66.9 Å². The van der Waals surface area contributed by atoms with Crippen molar-refractivity contribution in [3.8, 4) is 16.9 Å². The first-order valence-corrected chi connectivity index (χ1v) is 8.43. The lowest BCUT2D eigenvalue weighted by Crippen LogP contribution is -2.13. The van der Waals surface area contributed by atoms with E-state index in [-0.39, 0.29) is 0 Å². The zero-order valence-electron chi connectivity index (χ0n) is 14.5. The quantitative estimate of drug-likeness (QED) is 0.582. The van der Waals surface area contributed by atoms with Gasteiger partial charge in [0.25, 0.3) is 0 Å². The minimum absolute atomic E-state index is 0.677. The van der Waals surface area contributed by atoms with Gasteiger partial charge in [0.15, 0.2) is 5.65 Å². The number of methoxy groups -OCH3 is 1. The van der Waals surface area contributed by atoms with Crippen LogP contribution in [0.4, 0.5) is 0 Å². The molecular weight excluding hydrogens is 326 g/mol. The molecule has 0 saturated carbocycles. The lowest BCUT2D eigenvalue weighted by Gasteiger charge is -2.09. The van der Waals surface area contributed by atoms with Crippen molar-refractivity contribution in [3.05, 3.63) is 78.0 Å². The van der Waals surface area contributed by atoms with Gasteiger partial charge in [-0.3, -0.25) is 0 Å². The van der Waals surface area contributed by atoms with Crippen molar-refractivity contribution < 1.29 is 4.74 Å². The normalized spacial score (nSPS) is 11.0. The van der Waals surface area contributed by atoms with Crippen LogP contribution in [0.25, 0.3) is 16.8 Å². The summed E-state index contributed by atoms with van der Waals surface area (Å²) in [5, 5.41) is 15.5. The molecule has 1 N–H and O–H groups in total. The van der Waals surface area contributed by atoms with Gasteiger partial charge in [-0.05, 0) is 39.8 Å². The van der Waals surface area contributed by atoms with Crippen LogP contribution in [-0.2, 0) is 13.1 Å². The van der Waals surface area contributed by atoms with E-state index in [2.05, 4.69) is 51.2 Å². The number of rotatable bonds is 6. The molecule has 130 valence electrons. The second kappa shape index (κ2) is 7.33. The predicted octanol–water partition coefficient (Wildman–Crippen LogP) is 3.09. The van der Waals surface area contributed by atoms with Crippen molar-refractivity contribution in [2.24, 2.45) is 0 Å². The van der Waals surface area contributed by atoms with Crippen LogP contribution < -0.4 is 10.1 Å². The Labute approximate surface area is 151 Å². The molecule has 6 nitrogen and oxygen atoms in total.